The highest BCUT2D eigenvalue weighted by Crippen LogP contribution is 2.38. The minimum Gasteiger partial charge on any atom is -0.494 e. The number of esters is 1. The molecule has 0 fully saturated rings. The standard InChI is InChI=1S/C20H25F5O4/c21-19(22,20(23,24)25)12-5-15-29-18(27)11-8-16-6-9-17(10-7-16)28-14-4-2-1-3-13-26/h6-11,26H,1-5,12-15H2/b11-8+. The predicted molar refractivity (Wildman–Crippen MR) is 97.7 cm³/mol. The summed E-state index contributed by atoms with van der Waals surface area (Å²) in [5.41, 5.74) is 0.667. The van der Waals surface area contributed by atoms with Gasteiger partial charge in [0.25, 0.3) is 0 Å². The molecule has 0 aliphatic rings. The van der Waals surface area contributed by atoms with Crippen molar-refractivity contribution < 1.29 is 41.3 Å². The van der Waals surface area contributed by atoms with Crippen LogP contribution in [0.2, 0.25) is 0 Å². The van der Waals surface area contributed by atoms with Crippen molar-refractivity contribution in [3.8, 4) is 5.75 Å². The van der Waals surface area contributed by atoms with Crippen LogP contribution in [0.4, 0.5) is 22.0 Å². The van der Waals surface area contributed by atoms with E-state index in [2.05, 4.69) is 4.74 Å². The van der Waals surface area contributed by atoms with Gasteiger partial charge in [-0.3, -0.25) is 0 Å². The lowest BCUT2D eigenvalue weighted by molar-refractivity contribution is -0.284. The zero-order valence-corrected chi connectivity index (χ0v) is 15.9. The highest BCUT2D eigenvalue weighted by Gasteiger charge is 2.56. The first-order valence-corrected chi connectivity index (χ1v) is 9.29. The molecule has 0 aromatic heterocycles. The van der Waals surface area contributed by atoms with Gasteiger partial charge in [0.1, 0.15) is 5.75 Å². The molecule has 0 bridgehead atoms. The lowest BCUT2D eigenvalue weighted by Crippen LogP contribution is -2.36. The fraction of sp³-hybridized carbons (Fsp3) is 0.550. The fourth-order valence-corrected chi connectivity index (χ4v) is 2.25. The van der Waals surface area contributed by atoms with Gasteiger partial charge in [-0.25, -0.2) is 4.79 Å². The van der Waals surface area contributed by atoms with E-state index in [1.807, 2.05) is 0 Å². The molecule has 4 nitrogen and oxygen atoms in total. The summed E-state index contributed by atoms with van der Waals surface area (Å²) in [5, 5.41) is 8.68. The minimum absolute atomic E-state index is 0.192. The minimum atomic E-state index is -5.60. The molecule has 0 radical (unpaired) electrons. The van der Waals surface area contributed by atoms with Crippen LogP contribution in [-0.2, 0) is 9.53 Å². The van der Waals surface area contributed by atoms with Gasteiger partial charge in [0, 0.05) is 19.1 Å². The molecular formula is C20H25F5O4. The molecule has 164 valence electrons. The molecule has 0 aliphatic carbocycles. The number of carbonyl (C=O) groups is 1. The van der Waals surface area contributed by atoms with E-state index in [9.17, 15) is 26.7 Å². The lowest BCUT2D eigenvalue weighted by Gasteiger charge is -2.18. The molecule has 0 saturated carbocycles. The van der Waals surface area contributed by atoms with Gasteiger partial charge in [-0.15, -0.1) is 0 Å². The fourth-order valence-electron chi connectivity index (χ4n) is 2.25. The maximum absolute atomic E-state index is 12.7. The number of unbranched alkanes of at least 4 members (excludes halogenated alkanes) is 3. The van der Waals surface area contributed by atoms with Crippen LogP contribution in [0, 0.1) is 0 Å². The molecule has 0 spiro atoms. The van der Waals surface area contributed by atoms with Crippen molar-refractivity contribution in [1.29, 1.82) is 0 Å². The summed E-state index contributed by atoms with van der Waals surface area (Å²) in [7, 11) is 0. The molecule has 0 heterocycles. The molecular weight excluding hydrogens is 399 g/mol. The topological polar surface area (TPSA) is 55.8 Å². The number of hydrogen-bond donors (Lipinski definition) is 1. The zero-order chi connectivity index (χ0) is 21.8. The van der Waals surface area contributed by atoms with Crippen molar-refractivity contribution in [1.82, 2.24) is 0 Å². The van der Waals surface area contributed by atoms with Crippen molar-refractivity contribution in [3.63, 3.8) is 0 Å². The highest BCUT2D eigenvalue weighted by atomic mass is 19.4. The molecule has 0 saturated heterocycles. The van der Waals surface area contributed by atoms with Crippen LogP contribution in [-0.4, -0.2) is 43.0 Å². The number of halogens is 5. The van der Waals surface area contributed by atoms with Gasteiger partial charge in [0.05, 0.1) is 13.2 Å². The normalized spacial score (nSPS) is 12.3. The van der Waals surface area contributed by atoms with Gasteiger partial charge in [-0.2, -0.15) is 22.0 Å². The Bertz CT molecular complexity index is 627. The molecule has 0 unspecified atom stereocenters. The Morgan fingerprint density at radius 1 is 0.931 bits per heavy atom. The highest BCUT2D eigenvalue weighted by molar-refractivity contribution is 5.87. The van der Waals surface area contributed by atoms with Crippen molar-refractivity contribution in [3.05, 3.63) is 35.9 Å². The Kier molecular flexibility index (Phi) is 10.6. The van der Waals surface area contributed by atoms with Crippen molar-refractivity contribution in [2.45, 2.75) is 50.6 Å². The average molecular weight is 424 g/mol. The molecule has 1 rings (SSSR count). The number of carbonyl (C=O) groups excluding carboxylic acids is 1. The summed E-state index contributed by atoms with van der Waals surface area (Å²) < 4.78 is 71.6. The molecule has 0 atom stereocenters. The molecule has 29 heavy (non-hydrogen) atoms. The first-order valence-electron chi connectivity index (χ1n) is 9.29. The second kappa shape index (κ2) is 12.4. The molecule has 1 aromatic carbocycles. The maximum atomic E-state index is 12.7. The summed E-state index contributed by atoms with van der Waals surface area (Å²) in [6, 6.07) is 6.85. The number of rotatable bonds is 13. The number of benzene rings is 1. The lowest BCUT2D eigenvalue weighted by atomic mass is 10.2. The number of ether oxygens (including phenoxy) is 2. The van der Waals surface area contributed by atoms with Crippen LogP contribution < -0.4 is 4.74 Å². The monoisotopic (exact) mass is 424 g/mol. The summed E-state index contributed by atoms with van der Waals surface area (Å²) in [6.07, 6.45) is -1.56. The zero-order valence-electron chi connectivity index (χ0n) is 15.9. The van der Waals surface area contributed by atoms with Crippen molar-refractivity contribution in [2.75, 3.05) is 19.8 Å². The van der Waals surface area contributed by atoms with E-state index in [4.69, 9.17) is 9.84 Å². The van der Waals surface area contributed by atoms with Gasteiger partial charge in [0.2, 0.25) is 0 Å². The average Bonchev–Trinajstić information content (AvgIpc) is 2.66. The van der Waals surface area contributed by atoms with E-state index in [-0.39, 0.29) is 6.61 Å². The van der Waals surface area contributed by atoms with Gasteiger partial charge in [-0.05, 0) is 49.5 Å². The molecule has 0 amide bonds. The van der Waals surface area contributed by atoms with E-state index >= 15 is 0 Å². The molecule has 0 aliphatic heterocycles. The third-order valence-corrected chi connectivity index (χ3v) is 3.91. The van der Waals surface area contributed by atoms with Gasteiger partial charge >= 0.3 is 18.1 Å². The Hall–Kier alpha value is -2.16. The van der Waals surface area contributed by atoms with Crippen LogP contribution in [0.25, 0.3) is 6.08 Å². The quantitative estimate of drug-likeness (QED) is 0.206. The van der Waals surface area contributed by atoms with E-state index in [0.29, 0.717) is 17.9 Å². The smallest absolute Gasteiger partial charge is 0.453 e. The summed E-state index contributed by atoms with van der Waals surface area (Å²) >= 11 is 0. The third-order valence-electron chi connectivity index (χ3n) is 3.91. The van der Waals surface area contributed by atoms with Crippen molar-refractivity contribution in [2.24, 2.45) is 0 Å². The van der Waals surface area contributed by atoms with E-state index in [1.165, 1.54) is 6.08 Å². The number of aliphatic hydroxyl groups is 1. The second-order valence-corrected chi connectivity index (χ2v) is 6.36. The first-order chi connectivity index (χ1) is 13.7. The van der Waals surface area contributed by atoms with Gasteiger partial charge in [0.15, 0.2) is 0 Å². The second-order valence-electron chi connectivity index (χ2n) is 6.36. The first kappa shape index (κ1) is 24.9. The number of hydrogen-bond acceptors (Lipinski definition) is 4. The van der Waals surface area contributed by atoms with E-state index in [0.717, 1.165) is 31.8 Å². The Morgan fingerprint density at radius 2 is 1.59 bits per heavy atom. The Balaban J connectivity index is 2.28. The third kappa shape index (κ3) is 10.3. The van der Waals surface area contributed by atoms with Crippen molar-refractivity contribution >= 4 is 12.0 Å². The maximum Gasteiger partial charge on any atom is 0.453 e. The SMILES string of the molecule is O=C(/C=C/c1ccc(OCCCCCCO)cc1)OCCCC(F)(F)C(F)(F)F. The van der Waals surface area contributed by atoms with Gasteiger partial charge in [-0.1, -0.05) is 18.6 Å². The molecule has 9 heteroatoms. The summed E-state index contributed by atoms with van der Waals surface area (Å²) in [4.78, 5) is 11.5. The van der Waals surface area contributed by atoms with Gasteiger partial charge < -0.3 is 14.6 Å². The summed E-state index contributed by atoms with van der Waals surface area (Å²) in [5.74, 6) is -4.96. The van der Waals surface area contributed by atoms with Crippen LogP contribution in [0.5, 0.6) is 5.75 Å². The van der Waals surface area contributed by atoms with Crippen LogP contribution >= 0.6 is 0 Å². The Morgan fingerprint density at radius 3 is 2.21 bits per heavy atom. The predicted octanol–water partition coefficient (Wildman–Crippen LogP) is 5.15. The van der Waals surface area contributed by atoms with Crippen LogP contribution in [0.15, 0.2) is 30.3 Å². The number of alkyl halides is 5. The molecule has 1 N–H and O–H groups in total. The summed E-state index contributed by atoms with van der Waals surface area (Å²) in [6.45, 7) is 0.220. The number of aliphatic hydroxyl groups excluding tert-OH is 1. The molecule has 1 aromatic rings. The van der Waals surface area contributed by atoms with Crippen LogP contribution in [0.1, 0.15) is 44.1 Å². The largest absolute Gasteiger partial charge is 0.494 e. The Labute approximate surface area is 166 Å². The van der Waals surface area contributed by atoms with E-state index < -0.39 is 37.5 Å². The van der Waals surface area contributed by atoms with E-state index in [1.54, 1.807) is 24.3 Å². The van der Waals surface area contributed by atoms with Crippen LogP contribution in [0.3, 0.4) is 0 Å².